The number of aromatic nitrogens is 2. The van der Waals surface area contributed by atoms with Gasteiger partial charge < -0.3 is 10.1 Å². The lowest BCUT2D eigenvalue weighted by atomic mass is 10.3. The highest BCUT2D eigenvalue weighted by molar-refractivity contribution is 9.10. The van der Waals surface area contributed by atoms with E-state index in [0.29, 0.717) is 32.1 Å². The van der Waals surface area contributed by atoms with Crippen molar-refractivity contribution < 1.29 is 4.74 Å². The predicted octanol–water partition coefficient (Wildman–Crippen LogP) is 5.16. The molecule has 4 nitrogen and oxygen atoms in total. The third-order valence-corrected chi connectivity index (χ3v) is 3.63. The summed E-state index contributed by atoms with van der Waals surface area (Å²) in [5.74, 6) is 1.49. The largest absolute Gasteiger partial charge is 0.438 e. The Hall–Kier alpha value is -1.04. The van der Waals surface area contributed by atoms with Crippen molar-refractivity contribution in [2.45, 2.75) is 13.3 Å². The average molecular weight is 377 g/mol. The number of rotatable bonds is 5. The first-order valence-electron chi connectivity index (χ1n) is 5.99. The lowest BCUT2D eigenvalue weighted by molar-refractivity contribution is 0.459. The van der Waals surface area contributed by atoms with E-state index < -0.39 is 0 Å². The molecule has 1 N–H and O–H groups in total. The van der Waals surface area contributed by atoms with Crippen LogP contribution < -0.4 is 10.1 Å². The molecule has 0 saturated carbocycles. The quantitative estimate of drug-likeness (QED) is 0.782. The Bertz CT molecular complexity index is 610. The van der Waals surface area contributed by atoms with E-state index in [4.69, 9.17) is 27.9 Å². The van der Waals surface area contributed by atoms with Crippen molar-refractivity contribution in [2.24, 2.45) is 0 Å². The number of nitrogens with zero attached hydrogens (tertiary/aromatic N) is 2. The fourth-order valence-corrected chi connectivity index (χ4v) is 1.96. The minimum Gasteiger partial charge on any atom is -0.438 e. The fourth-order valence-electron chi connectivity index (χ4n) is 1.40. The summed E-state index contributed by atoms with van der Waals surface area (Å²) < 4.78 is 6.34. The Labute approximate surface area is 135 Å². The van der Waals surface area contributed by atoms with E-state index in [1.807, 2.05) is 0 Å². The van der Waals surface area contributed by atoms with Gasteiger partial charge in [0.1, 0.15) is 5.75 Å². The maximum absolute atomic E-state index is 5.95. The zero-order chi connectivity index (χ0) is 14.5. The summed E-state index contributed by atoms with van der Waals surface area (Å²) in [4.78, 5) is 8.44. The van der Waals surface area contributed by atoms with Crippen molar-refractivity contribution in [2.75, 3.05) is 11.9 Å². The molecular weight excluding hydrogens is 365 g/mol. The van der Waals surface area contributed by atoms with E-state index in [2.05, 4.69) is 38.1 Å². The molecule has 0 aliphatic carbocycles. The Kier molecular flexibility index (Phi) is 5.46. The summed E-state index contributed by atoms with van der Waals surface area (Å²) >= 11 is 15.2. The molecule has 0 saturated heterocycles. The SMILES string of the molecule is CCCNc1ncc(Br)c(Oc2ccc(Cl)c(Cl)c2)n1. The molecule has 1 aromatic heterocycles. The molecular formula is C13H12BrCl2N3O. The first-order chi connectivity index (χ1) is 9.60. The van der Waals surface area contributed by atoms with Gasteiger partial charge in [-0.3, -0.25) is 0 Å². The summed E-state index contributed by atoms with van der Waals surface area (Å²) in [6.07, 6.45) is 2.63. The molecule has 0 aliphatic rings. The van der Waals surface area contributed by atoms with Gasteiger partial charge in [-0.2, -0.15) is 4.98 Å². The molecule has 2 rings (SSSR count). The number of ether oxygens (including phenoxy) is 1. The zero-order valence-corrected chi connectivity index (χ0v) is 13.8. The maximum atomic E-state index is 5.95. The number of nitrogens with one attached hydrogen (secondary N) is 1. The van der Waals surface area contributed by atoms with Gasteiger partial charge >= 0.3 is 0 Å². The summed E-state index contributed by atoms with van der Waals surface area (Å²) in [7, 11) is 0. The van der Waals surface area contributed by atoms with E-state index in [1.165, 1.54) is 0 Å². The molecule has 20 heavy (non-hydrogen) atoms. The van der Waals surface area contributed by atoms with E-state index >= 15 is 0 Å². The smallest absolute Gasteiger partial charge is 0.238 e. The molecule has 0 spiro atoms. The molecule has 0 fully saturated rings. The Morgan fingerprint density at radius 3 is 2.80 bits per heavy atom. The van der Waals surface area contributed by atoms with Gasteiger partial charge in [0, 0.05) is 12.6 Å². The first-order valence-corrected chi connectivity index (χ1v) is 7.54. The summed E-state index contributed by atoms with van der Waals surface area (Å²) in [6, 6.07) is 5.03. The van der Waals surface area contributed by atoms with Crippen molar-refractivity contribution in [3.8, 4) is 11.6 Å². The highest BCUT2D eigenvalue weighted by Crippen LogP contribution is 2.31. The van der Waals surface area contributed by atoms with Crippen molar-refractivity contribution in [1.29, 1.82) is 0 Å². The minimum atomic E-state index is 0.414. The molecule has 0 aliphatic heterocycles. The van der Waals surface area contributed by atoms with Crippen LogP contribution >= 0.6 is 39.1 Å². The summed E-state index contributed by atoms with van der Waals surface area (Å²) in [5, 5.41) is 4.01. The number of halogens is 3. The van der Waals surface area contributed by atoms with Gasteiger partial charge in [0.05, 0.1) is 20.7 Å². The Morgan fingerprint density at radius 1 is 1.30 bits per heavy atom. The van der Waals surface area contributed by atoms with Crippen molar-refractivity contribution in [3.63, 3.8) is 0 Å². The van der Waals surface area contributed by atoms with Crippen LogP contribution in [0.3, 0.4) is 0 Å². The average Bonchev–Trinajstić information content (AvgIpc) is 2.44. The standard InChI is InChI=1S/C13H12BrCl2N3O/c1-2-5-17-13-18-7-9(14)12(19-13)20-8-3-4-10(15)11(16)6-8/h3-4,6-7H,2,5H2,1H3,(H,17,18,19). The molecule has 0 amide bonds. The van der Waals surface area contributed by atoms with Gasteiger partial charge in [-0.05, 0) is 34.5 Å². The second kappa shape index (κ2) is 7.11. The molecule has 0 atom stereocenters. The molecule has 106 valence electrons. The van der Waals surface area contributed by atoms with Gasteiger partial charge in [0.15, 0.2) is 0 Å². The molecule has 1 heterocycles. The van der Waals surface area contributed by atoms with E-state index in [1.54, 1.807) is 24.4 Å². The second-order valence-corrected chi connectivity index (χ2v) is 5.62. The van der Waals surface area contributed by atoms with Gasteiger partial charge in [0.25, 0.3) is 0 Å². The van der Waals surface area contributed by atoms with Crippen LogP contribution in [0.2, 0.25) is 10.0 Å². The van der Waals surface area contributed by atoms with Crippen LogP contribution in [0.5, 0.6) is 11.6 Å². The van der Waals surface area contributed by atoms with E-state index in [9.17, 15) is 0 Å². The van der Waals surface area contributed by atoms with Crippen molar-refractivity contribution >= 4 is 45.1 Å². The van der Waals surface area contributed by atoms with E-state index in [0.717, 1.165) is 13.0 Å². The molecule has 7 heteroatoms. The third-order valence-electron chi connectivity index (χ3n) is 2.35. The maximum Gasteiger partial charge on any atom is 0.238 e. The molecule has 0 radical (unpaired) electrons. The number of hydrogen-bond donors (Lipinski definition) is 1. The van der Waals surface area contributed by atoms with Crippen molar-refractivity contribution in [3.05, 3.63) is 38.9 Å². The summed E-state index contributed by atoms with van der Waals surface area (Å²) in [5.41, 5.74) is 0. The highest BCUT2D eigenvalue weighted by atomic mass is 79.9. The van der Waals surface area contributed by atoms with Crippen LogP contribution in [-0.4, -0.2) is 16.5 Å². The molecule has 2 aromatic rings. The molecule has 1 aromatic carbocycles. The van der Waals surface area contributed by atoms with Crippen LogP contribution in [0.1, 0.15) is 13.3 Å². The highest BCUT2D eigenvalue weighted by Gasteiger charge is 2.08. The van der Waals surface area contributed by atoms with Crippen LogP contribution in [-0.2, 0) is 0 Å². The lowest BCUT2D eigenvalue weighted by Crippen LogP contribution is -2.04. The van der Waals surface area contributed by atoms with Crippen LogP contribution in [0.15, 0.2) is 28.9 Å². The number of hydrogen-bond acceptors (Lipinski definition) is 4. The molecule has 0 unspecified atom stereocenters. The second-order valence-electron chi connectivity index (χ2n) is 3.95. The minimum absolute atomic E-state index is 0.414. The fraction of sp³-hybridized carbons (Fsp3) is 0.231. The van der Waals surface area contributed by atoms with Crippen molar-refractivity contribution in [1.82, 2.24) is 9.97 Å². The topological polar surface area (TPSA) is 47.0 Å². The lowest BCUT2D eigenvalue weighted by Gasteiger charge is -2.09. The predicted molar refractivity (Wildman–Crippen MR) is 85.0 cm³/mol. The van der Waals surface area contributed by atoms with Crippen LogP contribution in [0.25, 0.3) is 0 Å². The monoisotopic (exact) mass is 375 g/mol. The Morgan fingerprint density at radius 2 is 2.10 bits per heavy atom. The van der Waals surface area contributed by atoms with E-state index in [-0.39, 0.29) is 0 Å². The number of benzene rings is 1. The Balaban J connectivity index is 2.20. The first kappa shape index (κ1) is 15.4. The van der Waals surface area contributed by atoms with Gasteiger partial charge in [-0.25, -0.2) is 4.98 Å². The third kappa shape index (κ3) is 3.98. The van der Waals surface area contributed by atoms with Crippen LogP contribution in [0, 0.1) is 0 Å². The van der Waals surface area contributed by atoms with Gasteiger partial charge in [-0.1, -0.05) is 30.1 Å². The normalized spacial score (nSPS) is 10.4. The van der Waals surface area contributed by atoms with Gasteiger partial charge in [0.2, 0.25) is 11.8 Å². The number of anilines is 1. The summed E-state index contributed by atoms with van der Waals surface area (Å²) in [6.45, 7) is 2.87. The van der Waals surface area contributed by atoms with Gasteiger partial charge in [-0.15, -0.1) is 0 Å². The van der Waals surface area contributed by atoms with Crippen LogP contribution in [0.4, 0.5) is 5.95 Å². The zero-order valence-electron chi connectivity index (χ0n) is 10.7. The molecule has 0 bridgehead atoms.